The molecule has 6 rings (SSSR count). The summed E-state index contributed by atoms with van der Waals surface area (Å²) in [7, 11) is 0. The fourth-order valence-electron chi connectivity index (χ4n) is 3.43. The van der Waals surface area contributed by atoms with Gasteiger partial charge in [0.15, 0.2) is 5.65 Å². The van der Waals surface area contributed by atoms with Crippen molar-refractivity contribution in [2.24, 2.45) is 4.99 Å². The fraction of sp³-hybridized carbons (Fsp3) is 0. The summed E-state index contributed by atoms with van der Waals surface area (Å²) in [5, 5.41) is 8.42. The van der Waals surface area contributed by atoms with Crippen molar-refractivity contribution in [1.29, 1.82) is 0 Å². The second kappa shape index (κ2) is 6.77. The van der Waals surface area contributed by atoms with Gasteiger partial charge in [-0.3, -0.25) is 4.57 Å². The molecule has 1 N–H and O–H groups in total. The van der Waals surface area contributed by atoms with E-state index >= 15 is 0 Å². The number of aliphatic imine (C=N–C) groups is 1. The molecule has 0 aliphatic carbocycles. The second-order valence-corrected chi connectivity index (χ2v) is 6.98. The van der Waals surface area contributed by atoms with Crippen LogP contribution in [0.1, 0.15) is 17.1 Å². The summed E-state index contributed by atoms with van der Waals surface area (Å²) in [4.78, 5) is 21.1. The molecule has 0 unspecified atom stereocenters. The van der Waals surface area contributed by atoms with Gasteiger partial charge >= 0.3 is 0 Å². The number of halogens is 1. The minimum Gasteiger partial charge on any atom is -0.355 e. The smallest absolute Gasteiger partial charge is 0.259 e. The Morgan fingerprint density at radius 3 is 2.42 bits per heavy atom. The Kier molecular flexibility index (Phi) is 3.79. The molecule has 5 heterocycles. The number of fused-ring (bicyclic) bond motifs is 8. The lowest BCUT2D eigenvalue weighted by Gasteiger charge is -2.03. The van der Waals surface area contributed by atoms with E-state index in [9.17, 15) is 4.39 Å². The maximum Gasteiger partial charge on any atom is 0.259 e. The van der Waals surface area contributed by atoms with Crippen molar-refractivity contribution >= 4 is 46.8 Å². The Balaban J connectivity index is 1.72. The van der Waals surface area contributed by atoms with Crippen molar-refractivity contribution in [3.8, 4) is 5.69 Å². The number of H-pyrrole nitrogens is 1. The number of benzene rings is 1. The zero-order valence-electron chi connectivity index (χ0n) is 15.9. The van der Waals surface area contributed by atoms with Crippen molar-refractivity contribution in [3.05, 3.63) is 77.5 Å². The van der Waals surface area contributed by atoms with Crippen molar-refractivity contribution in [3.63, 3.8) is 0 Å². The van der Waals surface area contributed by atoms with Crippen LogP contribution in [0.25, 0.3) is 40.3 Å². The molecule has 148 valence electrons. The predicted molar refractivity (Wildman–Crippen MR) is 116 cm³/mol. The highest BCUT2D eigenvalue weighted by Crippen LogP contribution is 2.19. The molecule has 0 atom stereocenters. The molecule has 8 bridgehead atoms. The van der Waals surface area contributed by atoms with E-state index < -0.39 is 0 Å². The van der Waals surface area contributed by atoms with E-state index in [0.717, 1.165) is 16.7 Å². The SMILES string of the molecule is Fc1cccc(-n2c3cc4nc(cc5ccc(cc6nc(nc2nn3)N=C6)[nH]5)C=C4)c1. The van der Waals surface area contributed by atoms with Gasteiger partial charge in [-0.25, -0.2) is 19.4 Å². The molecular weight excluding hydrogens is 395 g/mol. The maximum absolute atomic E-state index is 13.9. The third-order valence-corrected chi connectivity index (χ3v) is 4.78. The monoisotopic (exact) mass is 408 g/mol. The zero-order chi connectivity index (χ0) is 20.8. The highest BCUT2D eigenvalue weighted by atomic mass is 19.1. The molecule has 0 radical (unpaired) electrons. The molecule has 0 saturated heterocycles. The van der Waals surface area contributed by atoms with Gasteiger partial charge in [0.2, 0.25) is 0 Å². The van der Waals surface area contributed by atoms with E-state index in [0.29, 0.717) is 22.7 Å². The van der Waals surface area contributed by atoms with Gasteiger partial charge in [-0.05, 0) is 54.6 Å². The minimum absolute atomic E-state index is 0.238. The molecular formula is C22H13FN8. The van der Waals surface area contributed by atoms with E-state index in [1.807, 2.05) is 36.4 Å². The second-order valence-electron chi connectivity index (χ2n) is 6.98. The molecule has 3 aromatic heterocycles. The molecule has 4 aromatic rings. The van der Waals surface area contributed by atoms with Crippen LogP contribution >= 0.6 is 0 Å². The van der Waals surface area contributed by atoms with Gasteiger partial charge in [0.1, 0.15) is 5.82 Å². The highest BCUT2D eigenvalue weighted by Gasteiger charge is 2.11. The number of hydrogen-bond donors (Lipinski definition) is 1. The number of hydrogen-bond acceptors (Lipinski definition) is 6. The minimum atomic E-state index is -0.375. The van der Waals surface area contributed by atoms with Crippen LogP contribution < -0.4 is 0 Å². The summed E-state index contributed by atoms with van der Waals surface area (Å²) in [6.45, 7) is 0. The van der Waals surface area contributed by atoms with Gasteiger partial charge in [0, 0.05) is 17.1 Å². The topological polar surface area (TPSA) is 97.5 Å². The van der Waals surface area contributed by atoms with Crippen LogP contribution in [0.5, 0.6) is 0 Å². The van der Waals surface area contributed by atoms with Gasteiger partial charge in [0.25, 0.3) is 11.7 Å². The third-order valence-electron chi connectivity index (χ3n) is 4.78. The molecule has 0 fully saturated rings. The lowest BCUT2D eigenvalue weighted by molar-refractivity contribution is 0.627. The van der Waals surface area contributed by atoms with Crippen molar-refractivity contribution in [2.75, 3.05) is 0 Å². The van der Waals surface area contributed by atoms with E-state index in [1.54, 1.807) is 29.0 Å². The molecule has 0 saturated carbocycles. The highest BCUT2D eigenvalue weighted by molar-refractivity contribution is 5.83. The summed E-state index contributed by atoms with van der Waals surface area (Å²) in [6, 6.07) is 15.7. The Hall–Kier alpha value is -4.53. The number of rotatable bonds is 1. The quantitative estimate of drug-likeness (QED) is 0.443. The zero-order valence-corrected chi connectivity index (χ0v) is 15.9. The Morgan fingerprint density at radius 1 is 0.774 bits per heavy atom. The normalized spacial score (nSPS) is 12.4. The molecule has 8 nitrogen and oxygen atoms in total. The van der Waals surface area contributed by atoms with Crippen LogP contribution in [-0.2, 0) is 0 Å². The molecule has 2 aliphatic rings. The fourth-order valence-corrected chi connectivity index (χ4v) is 3.43. The number of nitrogens with zero attached hydrogens (tertiary/aromatic N) is 7. The molecule has 0 amide bonds. The lowest BCUT2D eigenvalue weighted by atomic mass is 10.3. The van der Waals surface area contributed by atoms with Crippen LogP contribution in [0.4, 0.5) is 10.3 Å². The summed E-state index contributed by atoms with van der Waals surface area (Å²) in [5.41, 5.74) is 4.93. The average molecular weight is 408 g/mol. The first-order chi connectivity index (χ1) is 15.2. The largest absolute Gasteiger partial charge is 0.355 e. The lowest BCUT2D eigenvalue weighted by Crippen LogP contribution is -1.96. The van der Waals surface area contributed by atoms with Crippen molar-refractivity contribution in [2.45, 2.75) is 0 Å². The summed E-state index contributed by atoms with van der Waals surface area (Å²) >= 11 is 0. The van der Waals surface area contributed by atoms with Crippen LogP contribution in [0.3, 0.4) is 0 Å². The van der Waals surface area contributed by atoms with Crippen LogP contribution in [0, 0.1) is 5.82 Å². The Morgan fingerprint density at radius 2 is 1.58 bits per heavy atom. The first kappa shape index (κ1) is 17.3. The van der Waals surface area contributed by atoms with Gasteiger partial charge in [0.05, 0.1) is 29.0 Å². The van der Waals surface area contributed by atoms with E-state index in [-0.39, 0.29) is 17.5 Å². The third kappa shape index (κ3) is 3.27. The van der Waals surface area contributed by atoms with E-state index in [1.165, 1.54) is 12.1 Å². The van der Waals surface area contributed by atoms with Crippen molar-refractivity contribution < 1.29 is 4.39 Å². The Bertz CT molecular complexity index is 1470. The first-order valence-corrected chi connectivity index (χ1v) is 9.49. The van der Waals surface area contributed by atoms with Gasteiger partial charge in [-0.15, -0.1) is 10.2 Å². The summed E-state index contributed by atoms with van der Waals surface area (Å²) < 4.78 is 15.6. The van der Waals surface area contributed by atoms with Crippen LogP contribution in [-0.4, -0.2) is 40.9 Å². The van der Waals surface area contributed by atoms with Gasteiger partial charge in [-0.2, -0.15) is 4.98 Å². The predicted octanol–water partition coefficient (Wildman–Crippen LogP) is 4.02. The molecule has 9 heteroatoms. The van der Waals surface area contributed by atoms with Gasteiger partial charge < -0.3 is 4.98 Å². The number of aromatic nitrogens is 7. The van der Waals surface area contributed by atoms with E-state index in [4.69, 9.17) is 0 Å². The molecule has 1 aromatic carbocycles. The average Bonchev–Trinajstić information content (AvgIpc) is 3.53. The first-order valence-electron chi connectivity index (χ1n) is 9.49. The number of nitrogens with one attached hydrogen (secondary N) is 1. The summed E-state index contributed by atoms with van der Waals surface area (Å²) in [5.74, 6) is 0.100. The maximum atomic E-state index is 13.9. The van der Waals surface area contributed by atoms with Gasteiger partial charge in [-0.1, -0.05) is 6.07 Å². The van der Waals surface area contributed by atoms with E-state index in [2.05, 4.69) is 35.1 Å². The van der Waals surface area contributed by atoms with Crippen LogP contribution in [0.2, 0.25) is 0 Å². The standard InChI is InChI=1S/C22H13FN8/c23-13-2-1-3-19(8-13)31-20-11-17-7-6-15(26-17)9-14-4-5-16(25-14)10-18-12-24-21(27-18)28-22(31)30-29-20/h1-12,25H. The molecule has 2 aliphatic heterocycles. The Labute approximate surface area is 174 Å². The number of aromatic amines is 1. The van der Waals surface area contributed by atoms with Crippen LogP contribution in [0.15, 0.2) is 59.6 Å². The molecule has 31 heavy (non-hydrogen) atoms. The summed E-state index contributed by atoms with van der Waals surface area (Å²) in [6.07, 6.45) is 5.42. The molecule has 0 spiro atoms. The van der Waals surface area contributed by atoms with Crippen molar-refractivity contribution in [1.82, 2.24) is 34.7 Å².